The fourth-order valence-corrected chi connectivity index (χ4v) is 3.66. The molecule has 166 valence electrons. The molecule has 0 radical (unpaired) electrons. The fraction of sp³-hybridized carbons (Fsp3) is 0.250. The van der Waals surface area contributed by atoms with E-state index in [2.05, 4.69) is 15.2 Å². The molecule has 1 amide bonds. The largest absolute Gasteiger partial charge is 0.497 e. The Kier molecular flexibility index (Phi) is 7.09. The standard InChI is InChI=1S/C24H24ClN3O4/c1-30-19-6-3-17(4-7-19)21-15-20(8-9-22(21)25)32-24(29)27-18-5-10-23(26-16-18)28-11-2-13-31-14-12-28/h3-10,15-16H,2,11-14H2,1H3,(H,27,29). The highest BCUT2D eigenvalue weighted by atomic mass is 35.5. The van der Waals surface area contributed by atoms with Crippen LogP contribution in [0, 0.1) is 0 Å². The summed E-state index contributed by atoms with van der Waals surface area (Å²) in [5.74, 6) is 1.99. The van der Waals surface area contributed by atoms with Gasteiger partial charge in [-0.3, -0.25) is 5.32 Å². The number of amides is 1. The highest BCUT2D eigenvalue weighted by molar-refractivity contribution is 6.33. The van der Waals surface area contributed by atoms with Crippen LogP contribution in [0.25, 0.3) is 11.1 Å². The van der Waals surface area contributed by atoms with E-state index in [-0.39, 0.29) is 0 Å². The molecule has 0 spiro atoms. The second-order valence-corrected chi connectivity index (χ2v) is 7.65. The molecule has 2 aromatic carbocycles. The number of nitrogens with zero attached hydrogens (tertiary/aromatic N) is 2. The molecule has 0 saturated carbocycles. The average molecular weight is 454 g/mol. The lowest BCUT2D eigenvalue weighted by Gasteiger charge is -2.20. The van der Waals surface area contributed by atoms with Crippen molar-refractivity contribution in [2.45, 2.75) is 6.42 Å². The Morgan fingerprint density at radius 1 is 1.06 bits per heavy atom. The first kappa shape index (κ1) is 21.9. The molecule has 1 fully saturated rings. The monoisotopic (exact) mass is 453 g/mol. The van der Waals surface area contributed by atoms with Crippen LogP contribution in [0.4, 0.5) is 16.3 Å². The molecule has 0 aliphatic carbocycles. The first-order chi connectivity index (χ1) is 15.6. The zero-order chi connectivity index (χ0) is 22.3. The smallest absolute Gasteiger partial charge is 0.417 e. The van der Waals surface area contributed by atoms with E-state index in [4.69, 9.17) is 25.8 Å². The number of benzene rings is 2. The van der Waals surface area contributed by atoms with Crippen molar-refractivity contribution in [3.05, 3.63) is 65.8 Å². The number of anilines is 2. The lowest BCUT2D eigenvalue weighted by Crippen LogP contribution is -2.26. The van der Waals surface area contributed by atoms with Gasteiger partial charge in [0.25, 0.3) is 0 Å². The zero-order valence-corrected chi connectivity index (χ0v) is 18.5. The van der Waals surface area contributed by atoms with Crippen LogP contribution >= 0.6 is 11.6 Å². The topological polar surface area (TPSA) is 72.9 Å². The molecule has 2 heterocycles. The first-order valence-corrected chi connectivity index (χ1v) is 10.7. The molecule has 1 N–H and O–H groups in total. The van der Waals surface area contributed by atoms with Crippen LogP contribution in [0.1, 0.15) is 6.42 Å². The van der Waals surface area contributed by atoms with Crippen molar-refractivity contribution in [3.63, 3.8) is 0 Å². The van der Waals surface area contributed by atoms with Crippen LogP contribution in [0.5, 0.6) is 11.5 Å². The summed E-state index contributed by atoms with van der Waals surface area (Å²) >= 11 is 6.35. The number of aromatic nitrogens is 1. The molecule has 1 aromatic heterocycles. The molecule has 7 nitrogen and oxygen atoms in total. The molecule has 32 heavy (non-hydrogen) atoms. The number of pyridine rings is 1. The summed E-state index contributed by atoms with van der Waals surface area (Å²) in [7, 11) is 1.61. The Morgan fingerprint density at radius 2 is 1.88 bits per heavy atom. The predicted molar refractivity (Wildman–Crippen MR) is 125 cm³/mol. The van der Waals surface area contributed by atoms with Gasteiger partial charge in [0.15, 0.2) is 0 Å². The van der Waals surface area contributed by atoms with Gasteiger partial charge in [0.1, 0.15) is 17.3 Å². The summed E-state index contributed by atoms with van der Waals surface area (Å²) < 4.78 is 16.1. The van der Waals surface area contributed by atoms with Crippen LogP contribution in [0.3, 0.4) is 0 Å². The molecule has 0 atom stereocenters. The SMILES string of the molecule is COc1ccc(-c2cc(OC(=O)Nc3ccc(N4CCCOCC4)nc3)ccc2Cl)cc1. The number of nitrogens with one attached hydrogen (secondary N) is 1. The maximum atomic E-state index is 12.4. The predicted octanol–water partition coefficient (Wildman–Crippen LogP) is 5.25. The Labute approximate surface area is 191 Å². The van der Waals surface area contributed by atoms with Gasteiger partial charge in [0.2, 0.25) is 0 Å². The Bertz CT molecular complexity index is 1050. The summed E-state index contributed by atoms with van der Waals surface area (Å²) in [6.07, 6.45) is 1.98. The molecule has 1 aliphatic heterocycles. The van der Waals surface area contributed by atoms with Gasteiger partial charge >= 0.3 is 6.09 Å². The third-order valence-corrected chi connectivity index (χ3v) is 5.42. The number of halogens is 1. The average Bonchev–Trinajstić information content (AvgIpc) is 3.11. The molecule has 4 rings (SSSR count). The third-order valence-electron chi connectivity index (χ3n) is 5.09. The number of carbonyl (C=O) groups excluding carboxylic acids is 1. The van der Waals surface area contributed by atoms with Gasteiger partial charge in [-0.1, -0.05) is 23.7 Å². The van der Waals surface area contributed by atoms with Crippen molar-refractivity contribution < 1.29 is 19.0 Å². The number of methoxy groups -OCH3 is 1. The van der Waals surface area contributed by atoms with Crippen molar-refractivity contribution in [2.24, 2.45) is 0 Å². The van der Waals surface area contributed by atoms with Crippen LogP contribution in [-0.4, -0.2) is 44.5 Å². The molecule has 1 saturated heterocycles. The lowest BCUT2D eigenvalue weighted by molar-refractivity contribution is 0.152. The van der Waals surface area contributed by atoms with Gasteiger partial charge in [-0.15, -0.1) is 0 Å². The summed E-state index contributed by atoms with van der Waals surface area (Å²) in [5.41, 5.74) is 2.20. The van der Waals surface area contributed by atoms with Crippen molar-refractivity contribution in [1.29, 1.82) is 0 Å². The van der Waals surface area contributed by atoms with Gasteiger partial charge in [-0.2, -0.15) is 0 Å². The maximum Gasteiger partial charge on any atom is 0.417 e. The van der Waals surface area contributed by atoms with Crippen molar-refractivity contribution in [1.82, 2.24) is 4.98 Å². The van der Waals surface area contributed by atoms with Gasteiger partial charge in [0.05, 0.1) is 25.6 Å². The van der Waals surface area contributed by atoms with Gasteiger partial charge in [-0.05, 0) is 54.4 Å². The van der Waals surface area contributed by atoms with Crippen LogP contribution < -0.4 is 19.7 Å². The Hall–Kier alpha value is -3.29. The number of carbonyl (C=O) groups is 1. The van der Waals surface area contributed by atoms with E-state index in [0.717, 1.165) is 48.8 Å². The third kappa shape index (κ3) is 5.49. The highest BCUT2D eigenvalue weighted by Crippen LogP contribution is 2.32. The summed E-state index contributed by atoms with van der Waals surface area (Å²) in [4.78, 5) is 19.0. The quantitative estimate of drug-likeness (QED) is 0.569. The minimum atomic E-state index is -0.606. The van der Waals surface area contributed by atoms with E-state index < -0.39 is 6.09 Å². The second kappa shape index (κ2) is 10.3. The Balaban J connectivity index is 1.40. The van der Waals surface area contributed by atoms with Crippen LogP contribution in [0.2, 0.25) is 5.02 Å². The molecular weight excluding hydrogens is 430 g/mol. The highest BCUT2D eigenvalue weighted by Gasteiger charge is 2.13. The summed E-state index contributed by atoms with van der Waals surface area (Å²) in [6, 6.07) is 16.3. The van der Waals surface area contributed by atoms with E-state index in [0.29, 0.717) is 23.1 Å². The zero-order valence-electron chi connectivity index (χ0n) is 17.7. The van der Waals surface area contributed by atoms with E-state index in [1.165, 1.54) is 0 Å². The first-order valence-electron chi connectivity index (χ1n) is 10.3. The number of hydrogen-bond acceptors (Lipinski definition) is 6. The van der Waals surface area contributed by atoms with Gasteiger partial charge in [-0.25, -0.2) is 9.78 Å². The second-order valence-electron chi connectivity index (χ2n) is 7.24. The van der Waals surface area contributed by atoms with Crippen LogP contribution in [0.15, 0.2) is 60.8 Å². The lowest BCUT2D eigenvalue weighted by atomic mass is 10.1. The Morgan fingerprint density at radius 3 is 2.62 bits per heavy atom. The number of hydrogen-bond donors (Lipinski definition) is 1. The van der Waals surface area contributed by atoms with Crippen molar-refractivity contribution >= 4 is 29.2 Å². The van der Waals surface area contributed by atoms with Gasteiger partial charge in [0, 0.05) is 30.3 Å². The molecule has 0 bridgehead atoms. The number of ether oxygens (including phenoxy) is 3. The van der Waals surface area contributed by atoms with E-state index in [1.807, 2.05) is 30.3 Å². The minimum Gasteiger partial charge on any atom is -0.497 e. The van der Waals surface area contributed by atoms with Crippen LogP contribution in [-0.2, 0) is 4.74 Å². The summed E-state index contributed by atoms with van der Waals surface area (Å²) in [6.45, 7) is 3.16. The molecule has 8 heteroatoms. The number of rotatable bonds is 5. The minimum absolute atomic E-state index is 0.381. The molecule has 3 aromatic rings. The summed E-state index contributed by atoms with van der Waals surface area (Å²) in [5, 5.41) is 3.26. The molecular formula is C24H24ClN3O4. The van der Waals surface area contributed by atoms with Crippen molar-refractivity contribution in [3.8, 4) is 22.6 Å². The van der Waals surface area contributed by atoms with E-state index in [1.54, 1.807) is 37.6 Å². The fourth-order valence-electron chi connectivity index (χ4n) is 3.43. The van der Waals surface area contributed by atoms with E-state index in [9.17, 15) is 4.79 Å². The van der Waals surface area contributed by atoms with E-state index >= 15 is 0 Å². The van der Waals surface area contributed by atoms with Gasteiger partial charge < -0.3 is 19.1 Å². The van der Waals surface area contributed by atoms with Crippen molar-refractivity contribution in [2.75, 3.05) is 43.6 Å². The molecule has 0 unspecified atom stereocenters. The molecule has 1 aliphatic rings. The maximum absolute atomic E-state index is 12.4. The normalized spacial score (nSPS) is 13.9.